The Labute approximate surface area is 166 Å². The summed E-state index contributed by atoms with van der Waals surface area (Å²) in [5.41, 5.74) is 2.87. The summed E-state index contributed by atoms with van der Waals surface area (Å²) in [7, 11) is 0. The fraction of sp³-hybridized carbons (Fsp3) is 0.364. The number of benzene rings is 2. The predicted octanol–water partition coefficient (Wildman–Crippen LogP) is 4.13. The summed E-state index contributed by atoms with van der Waals surface area (Å²) in [5.74, 6) is -0.215. The van der Waals surface area contributed by atoms with Crippen molar-refractivity contribution in [2.45, 2.75) is 46.2 Å². The summed E-state index contributed by atoms with van der Waals surface area (Å²) < 4.78 is 0. The Hall–Kier alpha value is -2.33. The van der Waals surface area contributed by atoms with Gasteiger partial charge in [-0.3, -0.25) is 9.59 Å². The number of halogens is 1. The van der Waals surface area contributed by atoms with Gasteiger partial charge in [-0.2, -0.15) is 0 Å². The van der Waals surface area contributed by atoms with Gasteiger partial charge in [-0.1, -0.05) is 61.0 Å². The molecule has 0 bridgehead atoms. The Morgan fingerprint density at radius 2 is 1.67 bits per heavy atom. The molecule has 2 rings (SSSR count). The lowest BCUT2D eigenvalue weighted by molar-refractivity contribution is -0.140. The fourth-order valence-electron chi connectivity index (χ4n) is 3.09. The van der Waals surface area contributed by atoms with E-state index in [9.17, 15) is 9.59 Å². The number of amides is 2. The van der Waals surface area contributed by atoms with Crippen molar-refractivity contribution in [1.82, 2.24) is 10.2 Å². The van der Waals surface area contributed by atoms with E-state index >= 15 is 0 Å². The Balaban J connectivity index is 2.32. The first-order valence-corrected chi connectivity index (χ1v) is 9.70. The smallest absolute Gasteiger partial charge is 0.242 e. The van der Waals surface area contributed by atoms with Crippen LogP contribution < -0.4 is 5.32 Å². The molecule has 0 aliphatic heterocycles. The van der Waals surface area contributed by atoms with Crippen LogP contribution in [-0.2, 0) is 22.6 Å². The van der Waals surface area contributed by atoms with Crippen molar-refractivity contribution < 1.29 is 9.59 Å². The number of nitrogens with zero attached hydrogens (tertiary/aromatic N) is 1. The van der Waals surface area contributed by atoms with E-state index < -0.39 is 6.04 Å². The second-order valence-electron chi connectivity index (χ2n) is 6.53. The lowest BCUT2D eigenvalue weighted by Gasteiger charge is -2.31. The van der Waals surface area contributed by atoms with Crippen LogP contribution in [0, 0.1) is 6.92 Å². The van der Waals surface area contributed by atoms with Gasteiger partial charge < -0.3 is 10.2 Å². The summed E-state index contributed by atoms with van der Waals surface area (Å²) in [6, 6.07) is 14.7. The number of rotatable bonds is 8. The second kappa shape index (κ2) is 10.1. The van der Waals surface area contributed by atoms with E-state index in [1.54, 1.807) is 11.0 Å². The standard InChI is InChI=1S/C22H27ClN2O2/c1-4-20(22(27)24-5-2)25(15-18-12-8-9-13-19(18)23)21(26)14-17-11-7-6-10-16(17)3/h6-13,20H,4-5,14-15H2,1-3H3,(H,24,27)/t20-/m1/s1. The molecule has 2 aromatic rings. The maximum Gasteiger partial charge on any atom is 0.242 e. The van der Waals surface area contributed by atoms with Gasteiger partial charge in [-0.25, -0.2) is 0 Å². The third kappa shape index (κ3) is 5.57. The Bertz CT molecular complexity index is 791. The molecular formula is C22H27ClN2O2. The number of carbonyl (C=O) groups excluding carboxylic acids is 2. The van der Waals surface area contributed by atoms with Crippen molar-refractivity contribution in [3.05, 3.63) is 70.2 Å². The Morgan fingerprint density at radius 1 is 1.04 bits per heavy atom. The minimum atomic E-state index is -0.530. The van der Waals surface area contributed by atoms with Crippen molar-refractivity contribution in [3.8, 4) is 0 Å². The van der Waals surface area contributed by atoms with Crippen molar-refractivity contribution >= 4 is 23.4 Å². The summed E-state index contributed by atoms with van der Waals surface area (Å²) in [5, 5.41) is 3.44. The SMILES string of the molecule is CCNC(=O)[C@@H](CC)N(Cc1ccccc1Cl)C(=O)Cc1ccccc1C. The van der Waals surface area contributed by atoms with Crippen LogP contribution in [0.4, 0.5) is 0 Å². The molecule has 2 amide bonds. The van der Waals surface area contributed by atoms with Gasteiger partial charge in [-0.05, 0) is 43.0 Å². The van der Waals surface area contributed by atoms with Crippen molar-refractivity contribution in [2.75, 3.05) is 6.54 Å². The maximum absolute atomic E-state index is 13.2. The van der Waals surface area contributed by atoms with Gasteiger partial charge >= 0.3 is 0 Å². The molecule has 4 nitrogen and oxygen atoms in total. The molecule has 1 N–H and O–H groups in total. The molecule has 0 radical (unpaired) electrons. The van der Waals surface area contributed by atoms with Gasteiger partial charge in [0.2, 0.25) is 11.8 Å². The molecule has 0 aliphatic carbocycles. The molecule has 0 unspecified atom stereocenters. The lowest BCUT2D eigenvalue weighted by Crippen LogP contribution is -2.49. The van der Waals surface area contributed by atoms with E-state index in [0.29, 0.717) is 24.5 Å². The predicted molar refractivity (Wildman–Crippen MR) is 110 cm³/mol. The molecule has 0 fully saturated rings. The van der Waals surface area contributed by atoms with Crippen LogP contribution in [0.2, 0.25) is 5.02 Å². The molecule has 27 heavy (non-hydrogen) atoms. The zero-order chi connectivity index (χ0) is 19.8. The van der Waals surface area contributed by atoms with Gasteiger partial charge in [0, 0.05) is 18.1 Å². The Morgan fingerprint density at radius 3 is 2.26 bits per heavy atom. The number of hydrogen-bond acceptors (Lipinski definition) is 2. The molecule has 5 heteroatoms. The highest BCUT2D eigenvalue weighted by Crippen LogP contribution is 2.21. The molecule has 0 spiro atoms. The zero-order valence-electron chi connectivity index (χ0n) is 16.2. The van der Waals surface area contributed by atoms with E-state index in [4.69, 9.17) is 11.6 Å². The molecule has 0 aliphatic rings. The van der Waals surface area contributed by atoms with Crippen LogP contribution in [0.5, 0.6) is 0 Å². The van der Waals surface area contributed by atoms with Gasteiger partial charge in [0.15, 0.2) is 0 Å². The minimum Gasteiger partial charge on any atom is -0.355 e. The number of aryl methyl sites for hydroxylation is 1. The highest BCUT2D eigenvalue weighted by Gasteiger charge is 2.28. The van der Waals surface area contributed by atoms with E-state index in [-0.39, 0.29) is 18.2 Å². The number of carbonyl (C=O) groups is 2. The minimum absolute atomic E-state index is 0.0812. The van der Waals surface area contributed by atoms with E-state index in [1.807, 2.05) is 63.2 Å². The number of likely N-dealkylation sites (N-methyl/N-ethyl adjacent to an activating group) is 1. The summed E-state index contributed by atoms with van der Waals surface area (Å²) >= 11 is 6.31. The average Bonchev–Trinajstić information content (AvgIpc) is 2.65. The molecule has 144 valence electrons. The molecule has 0 saturated heterocycles. The van der Waals surface area contributed by atoms with Crippen LogP contribution in [0.1, 0.15) is 37.0 Å². The lowest BCUT2D eigenvalue weighted by atomic mass is 10.0. The largest absolute Gasteiger partial charge is 0.355 e. The van der Waals surface area contributed by atoms with Crippen LogP contribution in [0.3, 0.4) is 0 Å². The van der Waals surface area contributed by atoms with Crippen molar-refractivity contribution in [3.63, 3.8) is 0 Å². The topological polar surface area (TPSA) is 49.4 Å². The normalized spacial score (nSPS) is 11.7. The number of nitrogens with one attached hydrogen (secondary N) is 1. The Kier molecular flexibility index (Phi) is 7.86. The van der Waals surface area contributed by atoms with Gasteiger partial charge in [0.1, 0.15) is 6.04 Å². The van der Waals surface area contributed by atoms with Gasteiger partial charge in [-0.15, -0.1) is 0 Å². The summed E-state index contributed by atoms with van der Waals surface area (Å²) in [4.78, 5) is 27.4. The molecule has 0 saturated carbocycles. The first kappa shape index (κ1) is 21.0. The van der Waals surface area contributed by atoms with E-state index in [1.165, 1.54) is 0 Å². The zero-order valence-corrected chi connectivity index (χ0v) is 16.9. The highest BCUT2D eigenvalue weighted by molar-refractivity contribution is 6.31. The van der Waals surface area contributed by atoms with Gasteiger partial charge in [0.05, 0.1) is 6.42 Å². The first-order chi connectivity index (χ1) is 13.0. The highest BCUT2D eigenvalue weighted by atomic mass is 35.5. The monoisotopic (exact) mass is 386 g/mol. The van der Waals surface area contributed by atoms with Gasteiger partial charge in [0.25, 0.3) is 0 Å². The molecule has 2 aromatic carbocycles. The number of hydrogen-bond donors (Lipinski definition) is 1. The van der Waals surface area contributed by atoms with Crippen LogP contribution in [0.25, 0.3) is 0 Å². The van der Waals surface area contributed by atoms with E-state index in [0.717, 1.165) is 16.7 Å². The van der Waals surface area contributed by atoms with E-state index in [2.05, 4.69) is 5.32 Å². The van der Waals surface area contributed by atoms with Crippen LogP contribution in [-0.4, -0.2) is 29.3 Å². The molecular weight excluding hydrogens is 360 g/mol. The molecule has 0 heterocycles. The third-order valence-corrected chi connectivity index (χ3v) is 5.01. The maximum atomic E-state index is 13.2. The molecule has 0 aromatic heterocycles. The van der Waals surface area contributed by atoms with Crippen molar-refractivity contribution in [2.24, 2.45) is 0 Å². The fourth-order valence-corrected chi connectivity index (χ4v) is 3.29. The summed E-state index contributed by atoms with van der Waals surface area (Å²) in [6.45, 7) is 6.61. The third-order valence-electron chi connectivity index (χ3n) is 4.64. The average molecular weight is 387 g/mol. The second-order valence-corrected chi connectivity index (χ2v) is 6.94. The van der Waals surface area contributed by atoms with Crippen LogP contribution >= 0.6 is 11.6 Å². The van der Waals surface area contributed by atoms with Crippen molar-refractivity contribution in [1.29, 1.82) is 0 Å². The van der Waals surface area contributed by atoms with Crippen LogP contribution in [0.15, 0.2) is 48.5 Å². The quantitative estimate of drug-likeness (QED) is 0.741. The first-order valence-electron chi connectivity index (χ1n) is 9.33. The molecule has 1 atom stereocenters. The summed E-state index contributed by atoms with van der Waals surface area (Å²) in [6.07, 6.45) is 0.794.